The first-order valence-electron chi connectivity index (χ1n) is 9.41. The number of nitrogens with one attached hydrogen (secondary N) is 1. The summed E-state index contributed by atoms with van der Waals surface area (Å²) in [6.07, 6.45) is 2.60. The molecule has 1 N–H and O–H groups in total. The Kier molecular flexibility index (Phi) is 5.24. The topological polar surface area (TPSA) is 71.5 Å². The highest BCUT2D eigenvalue weighted by atomic mass is 16.5. The summed E-state index contributed by atoms with van der Waals surface area (Å²) in [4.78, 5) is 31.0. The molecule has 6 heteroatoms. The Labute approximate surface area is 169 Å². The first kappa shape index (κ1) is 18.7. The first-order valence-corrected chi connectivity index (χ1v) is 9.41. The molecule has 0 spiro atoms. The van der Waals surface area contributed by atoms with Crippen molar-refractivity contribution in [2.45, 2.75) is 13.0 Å². The number of ether oxygens (including phenoxy) is 1. The highest BCUT2D eigenvalue weighted by Gasteiger charge is 2.18. The predicted octanol–water partition coefficient (Wildman–Crippen LogP) is 3.68. The van der Waals surface area contributed by atoms with Gasteiger partial charge in [0, 0.05) is 30.5 Å². The molecule has 2 aromatic carbocycles. The molecule has 1 amide bonds. The Balaban J connectivity index is 1.50. The Morgan fingerprint density at radius 3 is 2.66 bits per heavy atom. The molecule has 3 aromatic rings. The number of amides is 1. The highest BCUT2D eigenvalue weighted by Crippen LogP contribution is 2.24. The van der Waals surface area contributed by atoms with Crippen molar-refractivity contribution in [3.8, 4) is 0 Å². The van der Waals surface area contributed by atoms with Crippen LogP contribution in [0.5, 0.6) is 0 Å². The molecule has 1 aliphatic rings. The third kappa shape index (κ3) is 4.11. The van der Waals surface area contributed by atoms with Gasteiger partial charge in [0.1, 0.15) is 5.82 Å². The summed E-state index contributed by atoms with van der Waals surface area (Å²) >= 11 is 0. The maximum atomic E-state index is 12.7. The molecular formula is C23H21N3O3. The lowest BCUT2D eigenvalue weighted by Crippen LogP contribution is -2.31. The average Bonchev–Trinajstić information content (AvgIpc) is 2.78. The van der Waals surface area contributed by atoms with Gasteiger partial charge in [0.2, 0.25) is 0 Å². The molecule has 1 aliphatic heterocycles. The van der Waals surface area contributed by atoms with Gasteiger partial charge in [0.05, 0.1) is 12.7 Å². The standard InChI is InChI=1S/C23H21N3O3/c1-29-23(28)18-7-4-8-20(13-18)25-22(27)17-9-11-24-21(14-17)26-12-10-16-5-2-3-6-19(16)15-26/h2-9,11,13-14H,10,12,15H2,1H3,(H,25,27). The van der Waals surface area contributed by atoms with E-state index in [2.05, 4.69) is 33.4 Å². The summed E-state index contributed by atoms with van der Waals surface area (Å²) in [6.45, 7) is 1.63. The van der Waals surface area contributed by atoms with E-state index in [1.165, 1.54) is 18.2 Å². The molecule has 0 bridgehead atoms. The van der Waals surface area contributed by atoms with Crippen molar-refractivity contribution in [2.24, 2.45) is 0 Å². The molecular weight excluding hydrogens is 366 g/mol. The number of hydrogen-bond donors (Lipinski definition) is 1. The second-order valence-corrected chi connectivity index (χ2v) is 6.87. The van der Waals surface area contributed by atoms with Crippen LogP contribution in [0.25, 0.3) is 0 Å². The number of benzene rings is 2. The van der Waals surface area contributed by atoms with Crippen molar-refractivity contribution >= 4 is 23.4 Å². The van der Waals surface area contributed by atoms with E-state index in [1.807, 2.05) is 6.07 Å². The number of carbonyl (C=O) groups is 2. The van der Waals surface area contributed by atoms with Gasteiger partial charge in [0.25, 0.3) is 5.91 Å². The zero-order valence-corrected chi connectivity index (χ0v) is 16.1. The molecule has 6 nitrogen and oxygen atoms in total. The second kappa shape index (κ2) is 8.14. The van der Waals surface area contributed by atoms with Crippen LogP contribution < -0.4 is 10.2 Å². The van der Waals surface area contributed by atoms with Crippen molar-refractivity contribution in [1.82, 2.24) is 4.98 Å². The number of fused-ring (bicyclic) bond motifs is 1. The van der Waals surface area contributed by atoms with Crippen LogP contribution in [0.1, 0.15) is 31.8 Å². The van der Waals surface area contributed by atoms with E-state index in [9.17, 15) is 9.59 Å². The van der Waals surface area contributed by atoms with Crippen LogP contribution in [0.3, 0.4) is 0 Å². The first-order chi connectivity index (χ1) is 14.1. The van der Waals surface area contributed by atoms with Gasteiger partial charge in [0.15, 0.2) is 0 Å². The zero-order valence-electron chi connectivity index (χ0n) is 16.1. The van der Waals surface area contributed by atoms with Crippen molar-refractivity contribution in [1.29, 1.82) is 0 Å². The van der Waals surface area contributed by atoms with Gasteiger partial charge >= 0.3 is 5.97 Å². The molecule has 2 heterocycles. The van der Waals surface area contributed by atoms with E-state index in [0.717, 1.165) is 25.3 Å². The number of aromatic nitrogens is 1. The maximum Gasteiger partial charge on any atom is 0.337 e. The van der Waals surface area contributed by atoms with Gasteiger partial charge in [-0.3, -0.25) is 4.79 Å². The van der Waals surface area contributed by atoms with E-state index >= 15 is 0 Å². The Morgan fingerprint density at radius 2 is 1.83 bits per heavy atom. The lowest BCUT2D eigenvalue weighted by molar-refractivity contribution is 0.0600. The molecule has 0 saturated heterocycles. The van der Waals surface area contributed by atoms with Crippen LogP contribution in [0, 0.1) is 0 Å². The second-order valence-electron chi connectivity index (χ2n) is 6.87. The van der Waals surface area contributed by atoms with Gasteiger partial charge in [-0.25, -0.2) is 9.78 Å². The number of methoxy groups -OCH3 is 1. The molecule has 0 saturated carbocycles. The Hall–Kier alpha value is -3.67. The molecule has 146 valence electrons. The minimum atomic E-state index is -0.447. The SMILES string of the molecule is COC(=O)c1cccc(NC(=O)c2ccnc(N3CCc4ccccc4C3)c2)c1. The highest BCUT2D eigenvalue weighted by molar-refractivity contribution is 6.05. The third-order valence-corrected chi connectivity index (χ3v) is 5.00. The van der Waals surface area contributed by atoms with Crippen molar-refractivity contribution in [3.63, 3.8) is 0 Å². The van der Waals surface area contributed by atoms with Crippen LogP contribution in [0.15, 0.2) is 66.9 Å². The zero-order chi connectivity index (χ0) is 20.2. The monoisotopic (exact) mass is 387 g/mol. The minimum absolute atomic E-state index is 0.256. The number of nitrogens with zero attached hydrogens (tertiary/aromatic N) is 2. The maximum absolute atomic E-state index is 12.7. The lowest BCUT2D eigenvalue weighted by atomic mass is 10.00. The Bertz CT molecular complexity index is 1060. The van der Waals surface area contributed by atoms with Crippen molar-refractivity contribution in [3.05, 3.63) is 89.1 Å². The van der Waals surface area contributed by atoms with Crippen molar-refractivity contribution in [2.75, 3.05) is 23.9 Å². The van der Waals surface area contributed by atoms with Crippen LogP contribution >= 0.6 is 0 Å². The summed E-state index contributed by atoms with van der Waals surface area (Å²) in [5.41, 5.74) is 4.08. The van der Waals surface area contributed by atoms with Crippen molar-refractivity contribution < 1.29 is 14.3 Å². The number of rotatable bonds is 4. The number of esters is 1. The molecule has 0 radical (unpaired) electrons. The lowest BCUT2D eigenvalue weighted by Gasteiger charge is -2.29. The minimum Gasteiger partial charge on any atom is -0.465 e. The van der Waals surface area contributed by atoms with E-state index in [0.29, 0.717) is 16.8 Å². The molecule has 0 atom stereocenters. The molecule has 0 aliphatic carbocycles. The number of hydrogen-bond acceptors (Lipinski definition) is 5. The number of pyridine rings is 1. The van der Waals surface area contributed by atoms with Gasteiger partial charge in [-0.05, 0) is 47.9 Å². The van der Waals surface area contributed by atoms with Crippen LogP contribution in [0.4, 0.5) is 11.5 Å². The van der Waals surface area contributed by atoms with E-state index in [1.54, 1.807) is 42.6 Å². The molecule has 0 fully saturated rings. The normalized spacial score (nSPS) is 12.8. The summed E-state index contributed by atoms with van der Waals surface area (Å²) in [6, 6.07) is 18.5. The fraction of sp³-hybridized carbons (Fsp3) is 0.174. The van der Waals surface area contributed by atoms with Crippen LogP contribution in [-0.4, -0.2) is 30.5 Å². The summed E-state index contributed by atoms with van der Waals surface area (Å²) in [7, 11) is 1.32. The third-order valence-electron chi connectivity index (χ3n) is 5.00. The summed E-state index contributed by atoms with van der Waals surface area (Å²) in [5.74, 6) is 0.0706. The van der Waals surface area contributed by atoms with Gasteiger partial charge in [-0.2, -0.15) is 0 Å². The molecule has 4 rings (SSSR count). The molecule has 1 aromatic heterocycles. The predicted molar refractivity (Wildman–Crippen MR) is 111 cm³/mol. The van der Waals surface area contributed by atoms with Gasteiger partial charge in [-0.1, -0.05) is 30.3 Å². The van der Waals surface area contributed by atoms with Gasteiger partial charge in [-0.15, -0.1) is 0 Å². The summed E-state index contributed by atoms with van der Waals surface area (Å²) < 4.78 is 4.72. The fourth-order valence-corrected chi connectivity index (χ4v) is 3.47. The largest absolute Gasteiger partial charge is 0.465 e. The van der Waals surface area contributed by atoms with E-state index in [-0.39, 0.29) is 5.91 Å². The Morgan fingerprint density at radius 1 is 1.00 bits per heavy atom. The molecule has 29 heavy (non-hydrogen) atoms. The fourth-order valence-electron chi connectivity index (χ4n) is 3.47. The van der Waals surface area contributed by atoms with Gasteiger partial charge < -0.3 is 15.0 Å². The van der Waals surface area contributed by atoms with Crippen LogP contribution in [0.2, 0.25) is 0 Å². The van der Waals surface area contributed by atoms with Crippen LogP contribution in [-0.2, 0) is 17.7 Å². The quantitative estimate of drug-likeness (QED) is 0.692. The summed E-state index contributed by atoms with van der Waals surface area (Å²) in [5, 5.41) is 2.83. The van der Waals surface area contributed by atoms with E-state index in [4.69, 9.17) is 4.74 Å². The smallest absolute Gasteiger partial charge is 0.337 e. The number of anilines is 2. The average molecular weight is 387 g/mol. The molecule has 0 unspecified atom stereocenters. The van der Waals surface area contributed by atoms with E-state index < -0.39 is 5.97 Å². The number of carbonyl (C=O) groups excluding carboxylic acids is 2.